The number of carbonyl (C=O) groups excluding carboxylic acids is 2. The molecule has 7 heteroatoms. The van der Waals surface area contributed by atoms with Gasteiger partial charge in [0.05, 0.1) is 0 Å². The second-order valence-corrected chi connectivity index (χ2v) is 14.5. The Balaban J connectivity index is -0.000000212. The van der Waals surface area contributed by atoms with Gasteiger partial charge in [0.25, 0.3) is 0 Å². The van der Waals surface area contributed by atoms with Gasteiger partial charge in [-0.3, -0.25) is 0 Å². The second kappa shape index (κ2) is 54.4. The summed E-state index contributed by atoms with van der Waals surface area (Å²) in [7, 11) is 0. The number of aliphatic carboxylic acids is 2. The van der Waals surface area contributed by atoms with Crippen LogP contribution in [-0.2, 0) is 31.3 Å². The van der Waals surface area contributed by atoms with Gasteiger partial charge in [0, 0.05) is 25.2 Å². The Morgan fingerprint density at radius 3 is 0.714 bits per heavy atom. The molecule has 0 aliphatic carbocycles. The van der Waals surface area contributed by atoms with Crippen molar-refractivity contribution < 1.29 is 51.7 Å². The van der Waals surface area contributed by atoms with Crippen LogP contribution in [0.5, 0.6) is 0 Å². The van der Waals surface area contributed by atoms with Crippen LogP contribution in [0, 0.1) is 11.8 Å². The van der Waals surface area contributed by atoms with Gasteiger partial charge in [0.15, 0.2) is 0 Å². The van der Waals surface area contributed by atoms with Crippen molar-refractivity contribution in [2.24, 2.45) is 11.8 Å². The summed E-state index contributed by atoms with van der Waals surface area (Å²) in [5, 5.41) is 36.2. The van der Waals surface area contributed by atoms with Crippen molar-refractivity contribution in [3.05, 3.63) is 0 Å². The third kappa shape index (κ3) is 78.1. The molecule has 0 atom stereocenters. The van der Waals surface area contributed by atoms with Crippen LogP contribution in [0.4, 0.5) is 0 Å². The van der Waals surface area contributed by atoms with Crippen LogP contribution in [-0.4, -0.2) is 35.4 Å². The minimum Gasteiger partial charge on any atom is -0.550 e. The first kappa shape index (κ1) is 57.9. The molecule has 0 unspecified atom stereocenters. The average Bonchev–Trinajstić information content (AvgIpc) is 3.05. The number of carboxylic acids is 2. The molecule has 0 aliphatic rings. The van der Waals surface area contributed by atoms with E-state index < -0.39 is 11.9 Å². The maximum atomic E-state index is 10.2. The monoisotopic (exact) mass is 735 g/mol. The van der Waals surface area contributed by atoms with Crippen molar-refractivity contribution >= 4 is 11.9 Å². The molecule has 0 fully saturated rings. The van der Waals surface area contributed by atoms with E-state index in [1.807, 2.05) is 13.8 Å². The number of aliphatic hydroxyl groups excluding tert-OH is 2. The first-order chi connectivity index (χ1) is 23.1. The molecule has 0 bridgehead atoms. The molecule has 2 N–H and O–H groups in total. The largest absolute Gasteiger partial charge is 2.00 e. The van der Waals surface area contributed by atoms with E-state index >= 15 is 0 Å². The number of unbranched alkanes of at least 4 members (excludes halogenated alkanes) is 22. The normalized spacial score (nSPS) is 10.3. The van der Waals surface area contributed by atoms with Crippen molar-refractivity contribution in [3.8, 4) is 0 Å². The molecule has 0 radical (unpaired) electrons. The van der Waals surface area contributed by atoms with Crippen LogP contribution in [0.15, 0.2) is 0 Å². The maximum Gasteiger partial charge on any atom is 2.00 e. The molecule has 0 spiro atoms. The molecule has 6 nitrogen and oxygen atoms in total. The van der Waals surface area contributed by atoms with Gasteiger partial charge in [-0.2, -0.15) is 0 Å². The zero-order valence-corrected chi connectivity index (χ0v) is 35.4. The summed E-state index contributed by atoms with van der Waals surface area (Å²) in [6.07, 6.45) is 35.7. The Labute approximate surface area is 321 Å². The van der Waals surface area contributed by atoms with E-state index in [1.54, 1.807) is 0 Å². The van der Waals surface area contributed by atoms with Crippen molar-refractivity contribution in [3.63, 3.8) is 0 Å². The molecule has 0 heterocycles. The molecule has 0 aromatic heterocycles. The van der Waals surface area contributed by atoms with Gasteiger partial charge in [-0.05, 0) is 50.4 Å². The first-order valence-electron chi connectivity index (χ1n) is 20.7. The molecule has 0 rings (SSSR count). The van der Waals surface area contributed by atoms with E-state index in [2.05, 4.69) is 27.7 Å². The molecule has 294 valence electrons. The fourth-order valence-corrected chi connectivity index (χ4v) is 5.18. The average molecular weight is 735 g/mol. The van der Waals surface area contributed by atoms with Gasteiger partial charge in [-0.1, -0.05) is 196 Å². The number of hydrogen-bond acceptors (Lipinski definition) is 6. The summed E-state index contributed by atoms with van der Waals surface area (Å²) < 4.78 is 0. The number of hydrogen-bond donors (Lipinski definition) is 2. The summed E-state index contributed by atoms with van der Waals surface area (Å²) in [6, 6.07) is 0. The predicted molar refractivity (Wildman–Crippen MR) is 204 cm³/mol. The van der Waals surface area contributed by atoms with Crippen LogP contribution < -0.4 is 10.2 Å². The van der Waals surface area contributed by atoms with Crippen LogP contribution in [0.25, 0.3) is 0 Å². The molecular weight excluding hydrogens is 648 g/mol. The molecule has 0 aliphatic heterocycles. The Bertz CT molecular complexity index is 532. The SMILES string of the molecule is CC(C)CCCCCCCCCCCCCCC(=O)[O-].CC(C)CCCCCCCCCCCCCCC(=O)[O-].CCCO.CCCO.[Ti+2]. The van der Waals surface area contributed by atoms with Crippen molar-refractivity contribution in [1.29, 1.82) is 0 Å². The van der Waals surface area contributed by atoms with Crippen LogP contribution in [0.1, 0.15) is 234 Å². The zero-order valence-electron chi connectivity index (χ0n) is 33.8. The fourth-order valence-electron chi connectivity index (χ4n) is 5.18. The molecule has 0 saturated carbocycles. The second-order valence-electron chi connectivity index (χ2n) is 14.5. The Kier molecular flexibility index (Phi) is 64.2. The number of carbonyl (C=O) groups is 2. The van der Waals surface area contributed by atoms with Gasteiger partial charge >= 0.3 is 21.7 Å². The van der Waals surface area contributed by atoms with Gasteiger partial charge in [-0.15, -0.1) is 0 Å². The molecule has 0 amide bonds. The van der Waals surface area contributed by atoms with E-state index in [1.165, 1.54) is 141 Å². The third-order valence-corrected chi connectivity index (χ3v) is 8.27. The minimum absolute atomic E-state index is 0. The smallest absolute Gasteiger partial charge is 0.550 e. The van der Waals surface area contributed by atoms with Gasteiger partial charge < -0.3 is 30.0 Å². The van der Waals surface area contributed by atoms with E-state index in [4.69, 9.17) is 10.2 Å². The van der Waals surface area contributed by atoms with Crippen molar-refractivity contribution in [1.82, 2.24) is 0 Å². The maximum absolute atomic E-state index is 10.2. The van der Waals surface area contributed by atoms with E-state index in [0.717, 1.165) is 50.4 Å². The zero-order chi connectivity index (χ0) is 36.9. The van der Waals surface area contributed by atoms with Crippen LogP contribution >= 0.6 is 0 Å². The quantitative estimate of drug-likeness (QED) is 0.0524. The van der Waals surface area contributed by atoms with Crippen molar-refractivity contribution in [2.45, 2.75) is 234 Å². The van der Waals surface area contributed by atoms with E-state index in [-0.39, 0.29) is 34.6 Å². The summed E-state index contributed by atoms with van der Waals surface area (Å²) in [5.41, 5.74) is 0. The molecule has 0 aromatic carbocycles. The molecule has 0 aromatic rings. The van der Waals surface area contributed by atoms with E-state index in [9.17, 15) is 19.8 Å². The number of rotatable bonds is 32. The van der Waals surface area contributed by atoms with Crippen molar-refractivity contribution in [2.75, 3.05) is 13.2 Å². The summed E-state index contributed by atoms with van der Waals surface area (Å²) >= 11 is 0. The summed E-state index contributed by atoms with van der Waals surface area (Å²) in [6.45, 7) is 13.7. The topological polar surface area (TPSA) is 121 Å². The Morgan fingerprint density at radius 2 is 0.571 bits per heavy atom. The van der Waals surface area contributed by atoms with Gasteiger partial charge in [0.2, 0.25) is 0 Å². The first-order valence-corrected chi connectivity index (χ1v) is 20.7. The number of aliphatic hydroxyl groups is 2. The Hall–Kier alpha value is -0.426. The molecule has 49 heavy (non-hydrogen) atoms. The molecule has 0 saturated heterocycles. The third-order valence-electron chi connectivity index (χ3n) is 8.27. The number of carboxylic acid groups (broad SMARTS) is 2. The van der Waals surface area contributed by atoms with Gasteiger partial charge in [-0.25, -0.2) is 0 Å². The predicted octanol–water partition coefficient (Wildman–Crippen LogP) is 10.5. The standard InChI is InChI=1S/2C18H36O2.2C3H8O.Ti/c2*1-17(2)15-13-11-9-7-5-3-4-6-8-10-12-14-16-18(19)20;2*1-2-3-4;/h2*17H,3-16H2,1-2H3,(H,19,20);2*4H,2-3H2,1H3;/q;;;;+2/p-2. The minimum atomic E-state index is -0.904. The van der Waals surface area contributed by atoms with Gasteiger partial charge in [0.1, 0.15) is 0 Å². The molecular formula is C42H86O6Ti. The van der Waals surface area contributed by atoms with Crippen LogP contribution in [0.2, 0.25) is 0 Å². The fraction of sp³-hybridized carbons (Fsp3) is 0.952. The summed E-state index contributed by atoms with van der Waals surface area (Å²) in [5.74, 6) is -0.0830. The summed E-state index contributed by atoms with van der Waals surface area (Å²) in [4.78, 5) is 20.4. The van der Waals surface area contributed by atoms with E-state index in [0.29, 0.717) is 13.2 Å². The Morgan fingerprint density at radius 1 is 0.408 bits per heavy atom. The van der Waals surface area contributed by atoms with Crippen LogP contribution in [0.3, 0.4) is 0 Å².